The summed E-state index contributed by atoms with van der Waals surface area (Å²) >= 11 is 0. The van der Waals surface area contributed by atoms with Gasteiger partial charge in [-0.1, -0.05) is 35.9 Å². The van der Waals surface area contributed by atoms with Crippen LogP contribution in [0, 0.1) is 26.6 Å². The Hall–Kier alpha value is -2.69. The minimum Gasteiger partial charge on any atom is -0.342 e. The number of carbonyl (C=O) groups is 2. The number of nitrogens with one attached hydrogen (secondary N) is 1. The van der Waals surface area contributed by atoms with Crippen LogP contribution >= 0.6 is 0 Å². The summed E-state index contributed by atoms with van der Waals surface area (Å²) in [6.45, 7) is 8.10. The Kier molecular flexibility index (Phi) is 7.11. The van der Waals surface area contributed by atoms with E-state index in [1.54, 1.807) is 23.1 Å². The van der Waals surface area contributed by atoms with Gasteiger partial charge in [-0.2, -0.15) is 0 Å². The summed E-state index contributed by atoms with van der Waals surface area (Å²) in [6.07, 6.45) is 0.619. The highest BCUT2D eigenvalue weighted by Crippen LogP contribution is 2.22. The zero-order valence-corrected chi connectivity index (χ0v) is 16.4. The predicted molar refractivity (Wildman–Crippen MR) is 106 cm³/mol. The molecule has 2 aromatic rings. The Morgan fingerprint density at radius 1 is 1.04 bits per heavy atom. The van der Waals surface area contributed by atoms with Gasteiger partial charge in [-0.3, -0.25) is 9.59 Å². The summed E-state index contributed by atoms with van der Waals surface area (Å²) in [6, 6.07) is 10.6. The van der Waals surface area contributed by atoms with Crippen molar-refractivity contribution in [1.82, 2.24) is 4.90 Å². The van der Waals surface area contributed by atoms with Gasteiger partial charge in [-0.15, -0.1) is 0 Å². The van der Waals surface area contributed by atoms with E-state index in [-0.39, 0.29) is 24.1 Å². The fraction of sp³-hybridized carbons (Fsp3) is 0.364. The number of benzene rings is 2. The molecule has 0 saturated carbocycles. The predicted octanol–water partition coefficient (Wildman–Crippen LogP) is 4.17. The highest BCUT2D eigenvalue weighted by molar-refractivity contribution is 5.92. The van der Waals surface area contributed by atoms with Gasteiger partial charge in [0.1, 0.15) is 5.82 Å². The third-order valence-corrected chi connectivity index (χ3v) is 4.60. The van der Waals surface area contributed by atoms with Gasteiger partial charge in [0.05, 0.1) is 0 Å². The van der Waals surface area contributed by atoms with Crippen molar-refractivity contribution in [2.24, 2.45) is 0 Å². The first kappa shape index (κ1) is 20.6. The molecule has 1 N–H and O–H groups in total. The Morgan fingerprint density at radius 3 is 2.26 bits per heavy atom. The quantitative estimate of drug-likeness (QED) is 0.795. The van der Waals surface area contributed by atoms with E-state index < -0.39 is 0 Å². The van der Waals surface area contributed by atoms with Crippen LogP contribution in [0.1, 0.15) is 35.6 Å². The van der Waals surface area contributed by atoms with Crippen LogP contribution < -0.4 is 5.32 Å². The first-order valence-electron chi connectivity index (χ1n) is 9.14. The highest BCUT2D eigenvalue weighted by atomic mass is 19.1. The van der Waals surface area contributed by atoms with E-state index >= 15 is 0 Å². The van der Waals surface area contributed by atoms with Gasteiger partial charge in [0, 0.05) is 32.1 Å². The van der Waals surface area contributed by atoms with Crippen LogP contribution in [0.2, 0.25) is 0 Å². The Labute approximate surface area is 160 Å². The van der Waals surface area contributed by atoms with Gasteiger partial charge >= 0.3 is 0 Å². The van der Waals surface area contributed by atoms with E-state index in [4.69, 9.17) is 0 Å². The van der Waals surface area contributed by atoms with Gasteiger partial charge in [-0.25, -0.2) is 4.39 Å². The van der Waals surface area contributed by atoms with E-state index in [0.29, 0.717) is 25.1 Å². The molecule has 0 atom stereocenters. The monoisotopic (exact) mass is 370 g/mol. The largest absolute Gasteiger partial charge is 0.342 e. The maximum absolute atomic E-state index is 13.7. The number of halogens is 1. The lowest BCUT2D eigenvalue weighted by atomic mass is 10.0. The van der Waals surface area contributed by atoms with Gasteiger partial charge in [0.2, 0.25) is 11.8 Å². The highest BCUT2D eigenvalue weighted by Gasteiger charge is 2.14. The molecule has 0 aliphatic heterocycles. The molecular formula is C22H27FN2O2. The average molecular weight is 370 g/mol. The third kappa shape index (κ3) is 5.91. The normalized spacial score (nSPS) is 10.6. The summed E-state index contributed by atoms with van der Waals surface area (Å²) < 4.78 is 13.7. The molecule has 0 bridgehead atoms. The number of hydrogen-bond donors (Lipinski definition) is 1. The Balaban J connectivity index is 1.93. The molecule has 5 heteroatoms. The number of amides is 2. The molecule has 0 aliphatic rings. The molecule has 2 amide bonds. The van der Waals surface area contributed by atoms with Crippen molar-refractivity contribution in [1.29, 1.82) is 0 Å². The lowest BCUT2D eigenvalue weighted by molar-refractivity contribution is -0.129. The molecule has 27 heavy (non-hydrogen) atoms. The van der Waals surface area contributed by atoms with Crippen LogP contribution in [0.4, 0.5) is 10.1 Å². The van der Waals surface area contributed by atoms with Gasteiger partial charge in [0.15, 0.2) is 0 Å². The SMILES string of the molecule is CC(=O)N(CCC(=O)Nc1c(C)cc(C)cc1C)CCc1ccccc1F. The Morgan fingerprint density at radius 2 is 1.67 bits per heavy atom. The van der Waals surface area contributed by atoms with Gasteiger partial charge < -0.3 is 10.2 Å². The van der Waals surface area contributed by atoms with E-state index in [0.717, 1.165) is 22.4 Å². The molecule has 0 unspecified atom stereocenters. The zero-order valence-electron chi connectivity index (χ0n) is 16.4. The van der Waals surface area contributed by atoms with E-state index in [2.05, 4.69) is 5.32 Å². The molecular weight excluding hydrogens is 343 g/mol. The van der Waals surface area contributed by atoms with E-state index in [9.17, 15) is 14.0 Å². The number of rotatable bonds is 7. The first-order valence-corrected chi connectivity index (χ1v) is 9.14. The molecule has 4 nitrogen and oxygen atoms in total. The molecule has 0 heterocycles. The van der Waals surface area contributed by atoms with E-state index in [1.807, 2.05) is 32.9 Å². The fourth-order valence-electron chi connectivity index (χ4n) is 3.20. The minimum atomic E-state index is -0.274. The maximum Gasteiger partial charge on any atom is 0.226 e. The smallest absolute Gasteiger partial charge is 0.226 e. The minimum absolute atomic E-state index is 0.123. The Bertz CT molecular complexity index is 810. The molecule has 2 aromatic carbocycles. The molecule has 2 rings (SSSR count). The summed E-state index contributed by atoms with van der Waals surface area (Å²) in [5.41, 5.74) is 4.58. The molecule has 144 valence electrons. The standard InChI is InChI=1S/C22H27FN2O2/c1-15-13-16(2)22(17(3)14-15)24-21(27)10-12-25(18(4)26)11-9-19-7-5-6-8-20(19)23/h5-8,13-14H,9-12H2,1-4H3,(H,24,27). The molecule has 0 aliphatic carbocycles. The van der Waals surface area contributed by atoms with Crippen molar-refractivity contribution in [2.45, 2.75) is 40.5 Å². The van der Waals surface area contributed by atoms with Gasteiger partial charge in [0.25, 0.3) is 0 Å². The van der Waals surface area contributed by atoms with Crippen LogP contribution in [0.3, 0.4) is 0 Å². The average Bonchev–Trinajstić information content (AvgIpc) is 2.59. The number of carbonyl (C=O) groups excluding carboxylic acids is 2. The second-order valence-electron chi connectivity index (χ2n) is 6.92. The van der Waals surface area contributed by atoms with Crippen LogP contribution in [0.5, 0.6) is 0 Å². The number of aryl methyl sites for hydroxylation is 3. The van der Waals surface area contributed by atoms with Crippen molar-refractivity contribution >= 4 is 17.5 Å². The number of anilines is 1. The van der Waals surface area contributed by atoms with Crippen molar-refractivity contribution in [3.8, 4) is 0 Å². The van der Waals surface area contributed by atoms with Crippen molar-refractivity contribution < 1.29 is 14.0 Å². The van der Waals surface area contributed by atoms with Crippen LogP contribution in [0.15, 0.2) is 36.4 Å². The second kappa shape index (κ2) is 9.31. The third-order valence-electron chi connectivity index (χ3n) is 4.60. The zero-order chi connectivity index (χ0) is 20.0. The van der Waals surface area contributed by atoms with Crippen molar-refractivity contribution in [2.75, 3.05) is 18.4 Å². The number of hydrogen-bond acceptors (Lipinski definition) is 2. The van der Waals surface area contributed by atoms with Crippen molar-refractivity contribution in [3.63, 3.8) is 0 Å². The van der Waals surface area contributed by atoms with Gasteiger partial charge in [-0.05, 0) is 49.9 Å². The second-order valence-corrected chi connectivity index (χ2v) is 6.92. The van der Waals surface area contributed by atoms with Crippen LogP contribution in [0.25, 0.3) is 0 Å². The topological polar surface area (TPSA) is 49.4 Å². The molecule has 0 radical (unpaired) electrons. The molecule has 0 saturated heterocycles. The summed E-state index contributed by atoms with van der Waals surface area (Å²) in [5.74, 6) is -0.534. The summed E-state index contributed by atoms with van der Waals surface area (Å²) in [4.78, 5) is 25.8. The summed E-state index contributed by atoms with van der Waals surface area (Å²) in [7, 11) is 0. The van der Waals surface area contributed by atoms with Crippen LogP contribution in [-0.4, -0.2) is 29.8 Å². The first-order chi connectivity index (χ1) is 12.8. The van der Waals surface area contributed by atoms with Crippen LogP contribution in [-0.2, 0) is 16.0 Å². The fourth-order valence-corrected chi connectivity index (χ4v) is 3.20. The molecule has 0 aromatic heterocycles. The molecule has 0 fully saturated rings. The maximum atomic E-state index is 13.7. The van der Waals surface area contributed by atoms with E-state index in [1.165, 1.54) is 13.0 Å². The number of nitrogens with zero attached hydrogens (tertiary/aromatic N) is 1. The lowest BCUT2D eigenvalue weighted by Gasteiger charge is -2.21. The summed E-state index contributed by atoms with van der Waals surface area (Å²) in [5, 5.41) is 2.95. The molecule has 0 spiro atoms. The van der Waals surface area contributed by atoms with Crippen molar-refractivity contribution in [3.05, 3.63) is 64.5 Å². The lowest BCUT2D eigenvalue weighted by Crippen LogP contribution is -2.34.